The zero-order valence-electron chi connectivity index (χ0n) is 15.0. The average molecular weight is 341 g/mol. The first-order valence-corrected chi connectivity index (χ1v) is 8.36. The maximum Gasteiger partial charge on any atom is 0.240 e. The van der Waals surface area contributed by atoms with E-state index in [0.717, 1.165) is 34.1 Å². The van der Waals surface area contributed by atoms with Gasteiger partial charge in [0.15, 0.2) is 11.5 Å². The summed E-state index contributed by atoms with van der Waals surface area (Å²) >= 11 is 0. The molecule has 2 heterocycles. The molecule has 1 aliphatic heterocycles. The first-order valence-electron chi connectivity index (χ1n) is 8.36. The van der Waals surface area contributed by atoms with Gasteiger partial charge in [0, 0.05) is 35.1 Å². The molecule has 1 aromatic carbocycles. The monoisotopic (exact) mass is 341 g/mol. The Morgan fingerprint density at radius 1 is 1.28 bits per heavy atom. The molecule has 1 aliphatic rings. The van der Waals surface area contributed by atoms with Crippen LogP contribution in [0.1, 0.15) is 37.2 Å². The van der Waals surface area contributed by atoms with Crippen molar-refractivity contribution in [2.45, 2.75) is 34.1 Å². The summed E-state index contributed by atoms with van der Waals surface area (Å²) < 4.78 is 12.9. The number of ether oxygens (including phenoxy) is 2. The second-order valence-electron chi connectivity index (χ2n) is 6.59. The molecule has 1 N–H and O–H groups in total. The van der Waals surface area contributed by atoms with E-state index in [4.69, 9.17) is 9.47 Å². The summed E-state index contributed by atoms with van der Waals surface area (Å²) in [6, 6.07) is 7.92. The van der Waals surface area contributed by atoms with Crippen LogP contribution in [0.2, 0.25) is 0 Å². The summed E-state index contributed by atoms with van der Waals surface area (Å²) in [7, 11) is 0. The standard InChI is InChI=1S/C19H23N3O3/c1-12(2)7-19(23)21-20-10-15-8-13(3)22(14(15)4)16-5-6-17-18(9-16)25-11-24-17/h5-6,8-10,12H,7,11H2,1-4H3,(H,21,23)/b20-10-. The Kier molecular flexibility index (Phi) is 4.79. The molecule has 6 nitrogen and oxygen atoms in total. The highest BCUT2D eigenvalue weighted by atomic mass is 16.7. The van der Waals surface area contributed by atoms with Gasteiger partial charge in [-0.2, -0.15) is 5.10 Å². The number of aromatic nitrogens is 1. The predicted octanol–water partition coefficient (Wildman–Crippen LogP) is 3.32. The van der Waals surface area contributed by atoms with Gasteiger partial charge >= 0.3 is 0 Å². The van der Waals surface area contributed by atoms with Crippen LogP contribution in [0.15, 0.2) is 29.4 Å². The highest BCUT2D eigenvalue weighted by Crippen LogP contribution is 2.34. The topological polar surface area (TPSA) is 64.9 Å². The number of hydrogen-bond donors (Lipinski definition) is 1. The van der Waals surface area contributed by atoms with Gasteiger partial charge in [-0.05, 0) is 38.0 Å². The Labute approximate surface area is 147 Å². The number of hydrazone groups is 1. The van der Waals surface area contributed by atoms with Crippen molar-refractivity contribution in [1.29, 1.82) is 0 Å². The Morgan fingerprint density at radius 3 is 2.80 bits per heavy atom. The second kappa shape index (κ2) is 7.01. The second-order valence-corrected chi connectivity index (χ2v) is 6.59. The van der Waals surface area contributed by atoms with E-state index in [-0.39, 0.29) is 12.7 Å². The van der Waals surface area contributed by atoms with Crippen LogP contribution in [-0.4, -0.2) is 23.5 Å². The number of hydrogen-bond acceptors (Lipinski definition) is 4. The molecular formula is C19H23N3O3. The van der Waals surface area contributed by atoms with Gasteiger partial charge in [0.2, 0.25) is 12.7 Å². The molecule has 0 aliphatic carbocycles. The molecule has 0 radical (unpaired) electrons. The number of carbonyl (C=O) groups excluding carboxylic acids is 1. The van der Waals surface area contributed by atoms with Crippen LogP contribution < -0.4 is 14.9 Å². The summed E-state index contributed by atoms with van der Waals surface area (Å²) in [6.45, 7) is 8.32. The van der Waals surface area contributed by atoms with E-state index < -0.39 is 0 Å². The fourth-order valence-corrected chi connectivity index (χ4v) is 2.93. The largest absolute Gasteiger partial charge is 0.454 e. The van der Waals surface area contributed by atoms with Crippen LogP contribution in [0, 0.1) is 19.8 Å². The highest BCUT2D eigenvalue weighted by molar-refractivity contribution is 5.84. The van der Waals surface area contributed by atoms with Crippen molar-refractivity contribution in [2.75, 3.05) is 6.79 Å². The maximum atomic E-state index is 11.7. The molecule has 3 rings (SSSR count). The van der Waals surface area contributed by atoms with Gasteiger partial charge in [-0.3, -0.25) is 4.79 Å². The molecule has 0 bridgehead atoms. The summed E-state index contributed by atoms with van der Waals surface area (Å²) in [5, 5.41) is 4.08. The molecule has 0 unspecified atom stereocenters. The molecule has 6 heteroatoms. The van der Waals surface area contributed by atoms with Gasteiger partial charge in [0.25, 0.3) is 0 Å². The van der Waals surface area contributed by atoms with Crippen LogP contribution in [0.25, 0.3) is 5.69 Å². The predicted molar refractivity (Wildman–Crippen MR) is 96.6 cm³/mol. The molecule has 0 atom stereocenters. The Balaban J connectivity index is 1.80. The molecule has 2 aromatic rings. The Morgan fingerprint density at radius 2 is 2.04 bits per heavy atom. The lowest BCUT2D eigenvalue weighted by atomic mass is 10.1. The molecule has 0 fully saturated rings. The number of nitrogens with zero attached hydrogens (tertiary/aromatic N) is 2. The van der Waals surface area contributed by atoms with Crippen molar-refractivity contribution in [3.05, 3.63) is 41.2 Å². The van der Waals surface area contributed by atoms with E-state index in [0.29, 0.717) is 12.3 Å². The van der Waals surface area contributed by atoms with E-state index in [1.54, 1.807) is 6.21 Å². The summed E-state index contributed by atoms with van der Waals surface area (Å²) in [6.07, 6.45) is 2.15. The van der Waals surface area contributed by atoms with Crippen molar-refractivity contribution in [3.63, 3.8) is 0 Å². The zero-order chi connectivity index (χ0) is 18.0. The van der Waals surface area contributed by atoms with Crippen LogP contribution in [-0.2, 0) is 4.79 Å². The van der Waals surface area contributed by atoms with Crippen LogP contribution in [0.5, 0.6) is 11.5 Å². The summed E-state index contributed by atoms with van der Waals surface area (Å²) in [5.41, 5.74) is 6.65. The van der Waals surface area contributed by atoms with E-state index in [2.05, 4.69) is 15.1 Å². The summed E-state index contributed by atoms with van der Waals surface area (Å²) in [4.78, 5) is 11.7. The quantitative estimate of drug-likeness (QED) is 0.670. The minimum absolute atomic E-state index is 0.0733. The lowest BCUT2D eigenvalue weighted by Crippen LogP contribution is -2.19. The number of fused-ring (bicyclic) bond motifs is 1. The van der Waals surface area contributed by atoms with Crippen molar-refractivity contribution in [3.8, 4) is 17.2 Å². The number of benzene rings is 1. The summed E-state index contributed by atoms with van der Waals surface area (Å²) in [5.74, 6) is 1.75. The molecule has 1 amide bonds. The fraction of sp³-hybridized carbons (Fsp3) is 0.368. The fourth-order valence-electron chi connectivity index (χ4n) is 2.93. The SMILES string of the molecule is Cc1cc(/C=N\NC(=O)CC(C)C)c(C)n1-c1ccc2c(c1)OCO2. The van der Waals surface area contributed by atoms with Crippen molar-refractivity contribution >= 4 is 12.1 Å². The minimum Gasteiger partial charge on any atom is -0.454 e. The lowest BCUT2D eigenvalue weighted by Gasteiger charge is -2.10. The normalized spacial score (nSPS) is 13.0. The van der Waals surface area contributed by atoms with Gasteiger partial charge < -0.3 is 14.0 Å². The van der Waals surface area contributed by atoms with E-state index in [9.17, 15) is 4.79 Å². The number of carbonyl (C=O) groups is 1. The average Bonchev–Trinajstić information content (AvgIpc) is 3.10. The van der Waals surface area contributed by atoms with Gasteiger partial charge in [-0.25, -0.2) is 5.43 Å². The highest BCUT2D eigenvalue weighted by Gasteiger charge is 2.16. The zero-order valence-corrected chi connectivity index (χ0v) is 15.0. The van der Waals surface area contributed by atoms with Crippen LogP contribution >= 0.6 is 0 Å². The number of rotatable bonds is 5. The van der Waals surface area contributed by atoms with Crippen molar-refractivity contribution < 1.29 is 14.3 Å². The molecule has 25 heavy (non-hydrogen) atoms. The smallest absolute Gasteiger partial charge is 0.240 e. The Bertz CT molecular complexity index is 822. The third kappa shape index (κ3) is 3.68. The van der Waals surface area contributed by atoms with Crippen molar-refractivity contribution in [2.24, 2.45) is 11.0 Å². The third-order valence-corrected chi connectivity index (χ3v) is 4.07. The molecular weight excluding hydrogens is 318 g/mol. The van der Waals surface area contributed by atoms with Crippen molar-refractivity contribution in [1.82, 2.24) is 9.99 Å². The molecule has 0 saturated heterocycles. The van der Waals surface area contributed by atoms with E-state index >= 15 is 0 Å². The minimum atomic E-state index is -0.0733. The van der Waals surface area contributed by atoms with Gasteiger partial charge in [-0.1, -0.05) is 13.8 Å². The molecule has 1 aromatic heterocycles. The van der Waals surface area contributed by atoms with Gasteiger partial charge in [0.05, 0.1) is 6.21 Å². The third-order valence-electron chi connectivity index (χ3n) is 4.07. The lowest BCUT2D eigenvalue weighted by molar-refractivity contribution is -0.121. The number of nitrogens with one attached hydrogen (secondary N) is 1. The van der Waals surface area contributed by atoms with Crippen LogP contribution in [0.3, 0.4) is 0 Å². The van der Waals surface area contributed by atoms with Gasteiger partial charge in [0.1, 0.15) is 0 Å². The van der Waals surface area contributed by atoms with E-state index in [1.807, 2.05) is 52.0 Å². The molecule has 0 saturated carbocycles. The molecule has 0 spiro atoms. The first kappa shape index (κ1) is 17.1. The first-order chi connectivity index (χ1) is 12.0. The number of amides is 1. The van der Waals surface area contributed by atoms with Crippen LogP contribution in [0.4, 0.5) is 0 Å². The Hall–Kier alpha value is -2.76. The van der Waals surface area contributed by atoms with Gasteiger partial charge in [-0.15, -0.1) is 0 Å². The maximum absolute atomic E-state index is 11.7. The van der Waals surface area contributed by atoms with E-state index in [1.165, 1.54) is 0 Å². The number of aryl methyl sites for hydroxylation is 1. The molecule has 132 valence electrons.